The van der Waals surface area contributed by atoms with E-state index in [1.807, 2.05) is 41.5 Å². The van der Waals surface area contributed by atoms with E-state index in [4.69, 9.17) is 46.4 Å². The standard InChI is InChI=1S/2C20H19Cl2N3O2.Co/c2*1-20(2,3)18-15(11-23-16-10-13(22)7-8-17(16)26)19(27)25(24-18)14-6-4-5-12(21)9-14;/h2*4-11,26-27H,1-3H3;. The fraction of sp³-hybridized carbons (Fsp3) is 0.200. The van der Waals surface area contributed by atoms with Gasteiger partial charge in [0.05, 0.1) is 33.9 Å². The van der Waals surface area contributed by atoms with E-state index in [1.54, 1.807) is 72.8 Å². The van der Waals surface area contributed by atoms with Crippen molar-refractivity contribution in [1.82, 2.24) is 19.6 Å². The van der Waals surface area contributed by atoms with Crippen LogP contribution in [0.5, 0.6) is 23.3 Å². The summed E-state index contributed by atoms with van der Waals surface area (Å²) in [5.41, 5.74) is 3.41. The van der Waals surface area contributed by atoms with Crippen LogP contribution in [0, 0.1) is 0 Å². The van der Waals surface area contributed by atoms with Crippen molar-refractivity contribution < 1.29 is 37.2 Å². The molecule has 4 N–H and O–H groups in total. The molecule has 2 aromatic heterocycles. The minimum Gasteiger partial charge on any atom is -0.506 e. The molecular weight excluding hydrogens is 829 g/mol. The van der Waals surface area contributed by atoms with E-state index >= 15 is 0 Å². The van der Waals surface area contributed by atoms with Crippen molar-refractivity contribution >= 4 is 70.2 Å². The van der Waals surface area contributed by atoms with Gasteiger partial charge in [0.1, 0.15) is 22.9 Å². The van der Waals surface area contributed by atoms with Gasteiger partial charge >= 0.3 is 0 Å². The summed E-state index contributed by atoms with van der Waals surface area (Å²) < 4.78 is 2.84. The van der Waals surface area contributed by atoms with Crippen LogP contribution in [-0.4, -0.2) is 52.4 Å². The maximum absolute atomic E-state index is 10.8. The summed E-state index contributed by atoms with van der Waals surface area (Å²) in [6.07, 6.45) is 2.96. The molecular formula is C40H38Cl4CoN6O4. The zero-order valence-electron chi connectivity index (χ0n) is 30.6. The number of halogens is 4. The quantitative estimate of drug-likeness (QED) is 0.123. The normalized spacial score (nSPS) is 11.8. The number of aliphatic imine (C=N–C) groups is 2. The summed E-state index contributed by atoms with van der Waals surface area (Å²) in [6, 6.07) is 23.3. The number of benzene rings is 4. The number of nitrogens with zero attached hydrogens (tertiary/aromatic N) is 6. The van der Waals surface area contributed by atoms with E-state index in [0.717, 1.165) is 0 Å². The van der Waals surface area contributed by atoms with Crippen LogP contribution in [-0.2, 0) is 27.6 Å². The molecule has 0 atom stereocenters. The van der Waals surface area contributed by atoms with Crippen molar-refractivity contribution in [1.29, 1.82) is 0 Å². The van der Waals surface area contributed by atoms with Crippen LogP contribution in [0.4, 0.5) is 11.4 Å². The smallest absolute Gasteiger partial charge is 0.223 e. The Morgan fingerprint density at radius 2 is 0.873 bits per heavy atom. The number of aromatic nitrogens is 4. The molecule has 289 valence electrons. The summed E-state index contributed by atoms with van der Waals surface area (Å²) in [7, 11) is 0. The number of rotatable bonds is 6. The first kappa shape index (κ1) is 43.2. The molecule has 0 aliphatic heterocycles. The van der Waals surface area contributed by atoms with Gasteiger partial charge in [-0.15, -0.1) is 0 Å². The second-order valence-electron chi connectivity index (χ2n) is 14.2. The maximum Gasteiger partial charge on any atom is 0.223 e. The Balaban J connectivity index is 0.000000240. The molecule has 6 rings (SSSR count). The van der Waals surface area contributed by atoms with E-state index in [-0.39, 0.29) is 50.9 Å². The average molecular weight is 868 g/mol. The van der Waals surface area contributed by atoms with Crippen LogP contribution < -0.4 is 0 Å². The van der Waals surface area contributed by atoms with E-state index in [1.165, 1.54) is 33.9 Å². The molecule has 0 unspecified atom stereocenters. The van der Waals surface area contributed by atoms with E-state index in [0.29, 0.717) is 65.4 Å². The zero-order chi connectivity index (χ0) is 39.5. The number of hydrogen-bond acceptors (Lipinski definition) is 8. The molecule has 2 heterocycles. The van der Waals surface area contributed by atoms with Gasteiger partial charge in [-0.3, -0.25) is 9.98 Å². The molecule has 0 fully saturated rings. The molecule has 0 aliphatic carbocycles. The first-order valence-corrected chi connectivity index (χ1v) is 18.1. The van der Waals surface area contributed by atoms with Crippen LogP contribution in [0.3, 0.4) is 0 Å². The molecule has 0 aliphatic rings. The predicted molar refractivity (Wildman–Crippen MR) is 219 cm³/mol. The molecule has 4 aromatic carbocycles. The fourth-order valence-corrected chi connectivity index (χ4v) is 5.93. The Morgan fingerprint density at radius 1 is 0.527 bits per heavy atom. The Kier molecular flexibility index (Phi) is 13.8. The topological polar surface area (TPSA) is 141 Å². The van der Waals surface area contributed by atoms with Gasteiger partial charge in [0.15, 0.2) is 0 Å². The van der Waals surface area contributed by atoms with Crippen LogP contribution >= 0.6 is 46.4 Å². The number of aromatic hydroxyl groups is 4. The number of hydrogen-bond donors (Lipinski definition) is 4. The minimum atomic E-state index is -0.348. The number of phenols is 2. The molecule has 1 radical (unpaired) electrons. The van der Waals surface area contributed by atoms with Crippen LogP contribution in [0.2, 0.25) is 20.1 Å². The van der Waals surface area contributed by atoms with Crippen molar-refractivity contribution in [3.63, 3.8) is 0 Å². The van der Waals surface area contributed by atoms with Crippen molar-refractivity contribution in [2.45, 2.75) is 52.4 Å². The average Bonchev–Trinajstić information content (AvgIpc) is 3.62. The van der Waals surface area contributed by atoms with Crippen LogP contribution in [0.1, 0.15) is 64.1 Å². The van der Waals surface area contributed by atoms with E-state index < -0.39 is 0 Å². The van der Waals surface area contributed by atoms with Gasteiger partial charge in [0, 0.05) is 60.1 Å². The molecule has 0 spiro atoms. The summed E-state index contributed by atoms with van der Waals surface area (Å²) in [5, 5.41) is 52.6. The number of phenolic OH excluding ortho intramolecular Hbond substituents is 2. The van der Waals surface area contributed by atoms with Gasteiger partial charge < -0.3 is 20.4 Å². The minimum absolute atomic E-state index is 0. The maximum atomic E-state index is 10.8. The van der Waals surface area contributed by atoms with Gasteiger partial charge in [0.25, 0.3) is 0 Å². The molecule has 0 amide bonds. The van der Waals surface area contributed by atoms with Crippen molar-refractivity contribution in [3.8, 4) is 34.6 Å². The van der Waals surface area contributed by atoms with Crippen molar-refractivity contribution in [2.24, 2.45) is 9.98 Å². The Labute approximate surface area is 349 Å². The van der Waals surface area contributed by atoms with E-state index in [2.05, 4.69) is 20.2 Å². The van der Waals surface area contributed by atoms with Crippen molar-refractivity contribution in [2.75, 3.05) is 0 Å². The first-order chi connectivity index (χ1) is 25.3. The molecule has 55 heavy (non-hydrogen) atoms. The van der Waals surface area contributed by atoms with Crippen LogP contribution in [0.25, 0.3) is 11.4 Å². The molecule has 0 saturated heterocycles. The largest absolute Gasteiger partial charge is 0.506 e. The molecule has 0 bridgehead atoms. The third-order valence-corrected chi connectivity index (χ3v) is 8.80. The third-order valence-electron chi connectivity index (χ3n) is 7.86. The zero-order valence-corrected chi connectivity index (χ0v) is 34.6. The first-order valence-electron chi connectivity index (χ1n) is 16.6. The molecule has 15 heteroatoms. The van der Waals surface area contributed by atoms with Gasteiger partial charge in [0.2, 0.25) is 11.8 Å². The summed E-state index contributed by atoms with van der Waals surface area (Å²) in [6.45, 7) is 11.9. The summed E-state index contributed by atoms with van der Waals surface area (Å²) in [4.78, 5) is 8.60. The van der Waals surface area contributed by atoms with Crippen LogP contribution in [0.15, 0.2) is 94.9 Å². The molecule has 0 saturated carbocycles. The Morgan fingerprint density at radius 3 is 1.20 bits per heavy atom. The second-order valence-corrected chi connectivity index (χ2v) is 16.0. The monoisotopic (exact) mass is 865 g/mol. The second kappa shape index (κ2) is 17.5. The summed E-state index contributed by atoms with van der Waals surface area (Å²) >= 11 is 24.1. The van der Waals surface area contributed by atoms with Crippen molar-refractivity contribution in [3.05, 3.63) is 128 Å². The predicted octanol–water partition coefficient (Wildman–Crippen LogP) is 11.3. The fourth-order valence-electron chi connectivity index (χ4n) is 5.23. The SMILES string of the molecule is CC(C)(C)c1nn(-c2cccc(Cl)c2)c(O)c1C=Nc1cc(Cl)ccc1O.CC(C)(C)c1nn(-c2cccc(Cl)c2)c(O)c1C=Nc1cc(Cl)ccc1O.[Co]. The Hall–Kier alpha value is -4.49. The van der Waals surface area contributed by atoms with Gasteiger partial charge in [-0.05, 0) is 72.8 Å². The summed E-state index contributed by atoms with van der Waals surface area (Å²) in [5.74, 6) is -0.135. The van der Waals surface area contributed by atoms with Gasteiger partial charge in [-0.2, -0.15) is 10.2 Å². The molecule has 6 aromatic rings. The third kappa shape index (κ3) is 10.4. The van der Waals surface area contributed by atoms with Gasteiger partial charge in [-0.1, -0.05) is 100 Å². The Bertz CT molecular complexity index is 2210. The van der Waals surface area contributed by atoms with E-state index in [9.17, 15) is 20.4 Å². The van der Waals surface area contributed by atoms with Gasteiger partial charge in [-0.25, -0.2) is 9.36 Å². The molecule has 10 nitrogen and oxygen atoms in total.